The fourth-order valence-corrected chi connectivity index (χ4v) is 2.55. The molecule has 0 bridgehead atoms. The van der Waals surface area contributed by atoms with E-state index >= 15 is 0 Å². The normalized spacial score (nSPS) is 19.2. The maximum absolute atomic E-state index is 5.64. The zero-order chi connectivity index (χ0) is 13.8. The van der Waals surface area contributed by atoms with Gasteiger partial charge in [-0.1, -0.05) is 35.0 Å². The van der Waals surface area contributed by atoms with Gasteiger partial charge in [0.05, 0.1) is 19.3 Å². The molecule has 2 heterocycles. The van der Waals surface area contributed by atoms with E-state index in [1.165, 1.54) is 17.5 Å². The van der Waals surface area contributed by atoms with Crippen LogP contribution < -0.4 is 0 Å². The van der Waals surface area contributed by atoms with Gasteiger partial charge in [0.1, 0.15) is 0 Å². The van der Waals surface area contributed by atoms with Gasteiger partial charge in [-0.2, -0.15) is 4.98 Å². The van der Waals surface area contributed by atoms with E-state index in [4.69, 9.17) is 9.26 Å². The minimum Gasteiger partial charge on any atom is -0.378 e. The average molecular weight is 310 g/mol. The summed E-state index contributed by atoms with van der Waals surface area (Å²) >= 11 is 0. The van der Waals surface area contributed by atoms with Crippen LogP contribution in [0, 0.1) is 6.92 Å². The van der Waals surface area contributed by atoms with Crippen LogP contribution >= 0.6 is 12.4 Å². The van der Waals surface area contributed by atoms with Crippen molar-refractivity contribution in [2.45, 2.75) is 19.4 Å². The fraction of sp³-hybridized carbons (Fsp3) is 0.467. The Kier molecular flexibility index (Phi) is 5.73. The first-order valence-electron chi connectivity index (χ1n) is 6.96. The van der Waals surface area contributed by atoms with Gasteiger partial charge in [0.2, 0.25) is 6.39 Å². The number of halogens is 1. The molecule has 114 valence electrons. The third-order valence-corrected chi connectivity index (χ3v) is 3.73. The van der Waals surface area contributed by atoms with Crippen LogP contribution in [0.4, 0.5) is 0 Å². The SMILES string of the molecule is Cc1ccc(C2COCCN2CCc2ncon2)cc1.Cl. The third-order valence-electron chi connectivity index (χ3n) is 3.73. The van der Waals surface area contributed by atoms with Crippen molar-refractivity contribution in [3.8, 4) is 0 Å². The van der Waals surface area contributed by atoms with Crippen LogP contribution in [0.25, 0.3) is 0 Å². The van der Waals surface area contributed by atoms with E-state index < -0.39 is 0 Å². The maximum Gasteiger partial charge on any atom is 0.213 e. The summed E-state index contributed by atoms with van der Waals surface area (Å²) < 4.78 is 10.4. The number of aromatic nitrogens is 2. The van der Waals surface area contributed by atoms with Crippen molar-refractivity contribution in [1.29, 1.82) is 0 Å². The molecular weight excluding hydrogens is 290 g/mol. The highest BCUT2D eigenvalue weighted by atomic mass is 35.5. The predicted molar refractivity (Wildman–Crippen MR) is 81.6 cm³/mol. The molecule has 0 N–H and O–H groups in total. The molecule has 6 heteroatoms. The van der Waals surface area contributed by atoms with Crippen LogP contribution in [-0.2, 0) is 11.2 Å². The maximum atomic E-state index is 5.64. The molecule has 1 saturated heterocycles. The van der Waals surface area contributed by atoms with Gasteiger partial charge in [0.25, 0.3) is 0 Å². The molecule has 1 aliphatic heterocycles. The summed E-state index contributed by atoms with van der Waals surface area (Å²) in [7, 11) is 0. The molecule has 1 fully saturated rings. The molecule has 0 amide bonds. The van der Waals surface area contributed by atoms with Gasteiger partial charge < -0.3 is 9.26 Å². The van der Waals surface area contributed by atoms with Crippen LogP contribution in [0.2, 0.25) is 0 Å². The largest absolute Gasteiger partial charge is 0.378 e. The van der Waals surface area contributed by atoms with Crippen molar-refractivity contribution in [1.82, 2.24) is 15.0 Å². The first-order valence-corrected chi connectivity index (χ1v) is 6.96. The molecule has 0 saturated carbocycles. The molecule has 21 heavy (non-hydrogen) atoms. The van der Waals surface area contributed by atoms with Gasteiger partial charge in [-0.3, -0.25) is 4.90 Å². The van der Waals surface area contributed by atoms with E-state index in [1.807, 2.05) is 0 Å². The second kappa shape index (κ2) is 7.54. The van der Waals surface area contributed by atoms with Crippen molar-refractivity contribution < 1.29 is 9.26 Å². The van der Waals surface area contributed by atoms with Gasteiger partial charge in [0, 0.05) is 19.5 Å². The Morgan fingerprint density at radius 1 is 1.29 bits per heavy atom. The number of nitrogens with zero attached hydrogens (tertiary/aromatic N) is 3. The summed E-state index contributed by atoms with van der Waals surface area (Å²) in [4.78, 5) is 6.51. The zero-order valence-corrected chi connectivity index (χ0v) is 12.9. The summed E-state index contributed by atoms with van der Waals surface area (Å²) in [6, 6.07) is 9.01. The minimum atomic E-state index is 0. The van der Waals surface area contributed by atoms with E-state index in [2.05, 4.69) is 46.2 Å². The number of benzene rings is 1. The van der Waals surface area contributed by atoms with E-state index in [0.29, 0.717) is 6.04 Å². The summed E-state index contributed by atoms with van der Waals surface area (Å²) in [5, 5.41) is 3.87. The van der Waals surface area contributed by atoms with E-state index in [1.54, 1.807) is 0 Å². The molecule has 3 rings (SSSR count). The van der Waals surface area contributed by atoms with Crippen molar-refractivity contribution in [3.63, 3.8) is 0 Å². The quantitative estimate of drug-likeness (QED) is 0.868. The molecule has 1 aromatic carbocycles. The molecule has 5 nitrogen and oxygen atoms in total. The highest BCUT2D eigenvalue weighted by Crippen LogP contribution is 2.24. The molecule has 1 unspecified atom stereocenters. The topological polar surface area (TPSA) is 51.4 Å². The minimum absolute atomic E-state index is 0. The number of morpholine rings is 1. The van der Waals surface area contributed by atoms with Crippen molar-refractivity contribution in [3.05, 3.63) is 47.6 Å². The van der Waals surface area contributed by atoms with E-state index in [9.17, 15) is 0 Å². The van der Waals surface area contributed by atoms with Crippen LogP contribution in [0.1, 0.15) is 23.0 Å². The second-order valence-corrected chi connectivity index (χ2v) is 5.13. The van der Waals surface area contributed by atoms with Crippen LogP contribution in [0.3, 0.4) is 0 Å². The average Bonchev–Trinajstić information content (AvgIpc) is 3.00. The number of rotatable bonds is 4. The number of ether oxygens (including phenoxy) is 1. The summed E-state index contributed by atoms with van der Waals surface area (Å²) in [5.41, 5.74) is 2.59. The second-order valence-electron chi connectivity index (χ2n) is 5.13. The highest BCUT2D eigenvalue weighted by Gasteiger charge is 2.24. The van der Waals surface area contributed by atoms with Crippen molar-refractivity contribution in [2.24, 2.45) is 0 Å². The lowest BCUT2D eigenvalue weighted by molar-refractivity contribution is -0.00810. The fourth-order valence-electron chi connectivity index (χ4n) is 2.55. The number of hydrogen-bond acceptors (Lipinski definition) is 5. The van der Waals surface area contributed by atoms with Crippen molar-refractivity contribution in [2.75, 3.05) is 26.3 Å². The van der Waals surface area contributed by atoms with Crippen LogP contribution in [0.15, 0.2) is 35.2 Å². The Labute approximate surface area is 130 Å². The Bertz CT molecular complexity index is 530. The number of hydrogen-bond donors (Lipinski definition) is 0. The molecule has 0 aliphatic carbocycles. The van der Waals surface area contributed by atoms with Gasteiger partial charge in [0.15, 0.2) is 5.82 Å². The predicted octanol–water partition coefficient (Wildman–Crippen LogP) is 2.42. The van der Waals surface area contributed by atoms with Crippen molar-refractivity contribution >= 4 is 12.4 Å². The molecular formula is C15H20ClN3O2. The molecule has 1 aromatic heterocycles. The lowest BCUT2D eigenvalue weighted by Crippen LogP contribution is -2.40. The molecule has 1 aliphatic rings. The summed E-state index contributed by atoms with van der Waals surface area (Å²) in [6.45, 7) is 5.50. The molecule has 1 atom stereocenters. The molecule has 0 spiro atoms. The van der Waals surface area contributed by atoms with Gasteiger partial charge in [-0.15, -0.1) is 12.4 Å². The standard InChI is InChI=1S/C15H19N3O2.ClH/c1-12-2-4-13(5-3-12)14-10-19-9-8-18(14)7-6-15-16-11-20-17-15;/h2-5,11,14H,6-10H2,1H3;1H. The highest BCUT2D eigenvalue weighted by molar-refractivity contribution is 5.85. The molecule has 2 aromatic rings. The Hall–Kier alpha value is -1.43. The summed E-state index contributed by atoms with van der Waals surface area (Å²) in [6.07, 6.45) is 2.19. The van der Waals surface area contributed by atoms with Crippen LogP contribution in [-0.4, -0.2) is 41.3 Å². The van der Waals surface area contributed by atoms with Gasteiger partial charge in [-0.05, 0) is 12.5 Å². The van der Waals surface area contributed by atoms with Crippen LogP contribution in [0.5, 0.6) is 0 Å². The first kappa shape index (κ1) is 15.9. The Morgan fingerprint density at radius 2 is 2.10 bits per heavy atom. The Balaban J connectivity index is 0.00000161. The Morgan fingerprint density at radius 3 is 2.81 bits per heavy atom. The third kappa shape index (κ3) is 4.03. The van der Waals surface area contributed by atoms with E-state index in [-0.39, 0.29) is 12.4 Å². The zero-order valence-electron chi connectivity index (χ0n) is 12.1. The lowest BCUT2D eigenvalue weighted by Gasteiger charge is -2.35. The summed E-state index contributed by atoms with van der Waals surface area (Å²) in [5.74, 6) is 0.763. The number of aryl methyl sites for hydroxylation is 1. The van der Waals surface area contributed by atoms with Gasteiger partial charge in [-0.25, -0.2) is 0 Å². The van der Waals surface area contributed by atoms with E-state index in [0.717, 1.165) is 38.5 Å². The van der Waals surface area contributed by atoms with Gasteiger partial charge >= 0.3 is 0 Å². The lowest BCUT2D eigenvalue weighted by atomic mass is 10.0. The smallest absolute Gasteiger partial charge is 0.213 e. The first-order chi connectivity index (χ1) is 9.83. The molecule has 0 radical (unpaired) electrons. The monoisotopic (exact) mass is 309 g/mol.